The van der Waals surface area contributed by atoms with Gasteiger partial charge in [-0.1, -0.05) is 20.3 Å². The molecule has 0 aromatic carbocycles. The molecule has 21 heavy (non-hydrogen) atoms. The number of nitrogens with zero attached hydrogens (tertiary/aromatic N) is 1. The Bertz CT molecular complexity index is 568. The molecule has 1 aromatic rings. The molecule has 0 spiro atoms. The summed E-state index contributed by atoms with van der Waals surface area (Å²) in [6.45, 7) is 4.26. The minimum Gasteiger partial charge on any atom is -0.393 e. The largest absolute Gasteiger partial charge is 0.393 e. The predicted octanol–water partition coefficient (Wildman–Crippen LogP) is 0.785. The molecule has 0 radical (unpaired) electrons. The Hall–Kier alpha value is -1.69. The number of amides is 1. The molecule has 1 fully saturated rings. The van der Waals surface area contributed by atoms with Gasteiger partial charge in [0, 0.05) is 12.5 Å². The smallest absolute Gasteiger partial charge is 0.277 e. The number of hydrogen-bond acceptors (Lipinski definition) is 4. The van der Waals surface area contributed by atoms with Crippen molar-refractivity contribution in [2.45, 2.75) is 52.1 Å². The van der Waals surface area contributed by atoms with Gasteiger partial charge in [0.1, 0.15) is 5.56 Å². The zero-order valence-corrected chi connectivity index (χ0v) is 12.6. The minimum absolute atomic E-state index is 0.0885. The Labute approximate surface area is 124 Å². The molecule has 6 nitrogen and oxygen atoms in total. The number of aromatic nitrogens is 2. The van der Waals surface area contributed by atoms with Gasteiger partial charge in [0.15, 0.2) is 0 Å². The normalized spacial score (nSPS) is 21.5. The van der Waals surface area contributed by atoms with E-state index >= 15 is 0 Å². The number of aromatic amines is 1. The predicted molar refractivity (Wildman–Crippen MR) is 79.3 cm³/mol. The van der Waals surface area contributed by atoms with Gasteiger partial charge in [-0.2, -0.15) is 5.10 Å². The summed E-state index contributed by atoms with van der Waals surface area (Å²) >= 11 is 0. The van der Waals surface area contributed by atoms with Gasteiger partial charge in [0.2, 0.25) is 0 Å². The summed E-state index contributed by atoms with van der Waals surface area (Å²) < 4.78 is 0. The fourth-order valence-electron chi connectivity index (χ4n) is 3.00. The first kappa shape index (κ1) is 15.7. The summed E-state index contributed by atoms with van der Waals surface area (Å²) in [5.74, 6) is -0.283. The summed E-state index contributed by atoms with van der Waals surface area (Å²) in [4.78, 5) is 24.3. The van der Waals surface area contributed by atoms with E-state index in [-0.39, 0.29) is 23.5 Å². The highest BCUT2D eigenvalue weighted by Crippen LogP contribution is 2.24. The van der Waals surface area contributed by atoms with Gasteiger partial charge >= 0.3 is 0 Å². The first-order valence-electron chi connectivity index (χ1n) is 7.65. The Balaban J connectivity index is 2.16. The Morgan fingerprint density at radius 3 is 2.71 bits per heavy atom. The van der Waals surface area contributed by atoms with Crippen molar-refractivity contribution in [2.75, 3.05) is 6.54 Å². The lowest BCUT2D eigenvalue weighted by molar-refractivity contribution is 0.0914. The van der Waals surface area contributed by atoms with Gasteiger partial charge in [-0.25, -0.2) is 5.10 Å². The molecule has 0 aliphatic heterocycles. The average molecular weight is 293 g/mol. The summed E-state index contributed by atoms with van der Waals surface area (Å²) in [5, 5.41) is 19.0. The maximum atomic E-state index is 12.3. The van der Waals surface area contributed by atoms with Crippen molar-refractivity contribution in [2.24, 2.45) is 5.92 Å². The van der Waals surface area contributed by atoms with Crippen molar-refractivity contribution >= 4 is 5.91 Å². The summed E-state index contributed by atoms with van der Waals surface area (Å²) in [6.07, 6.45) is 3.60. The van der Waals surface area contributed by atoms with Crippen LogP contribution in [0.3, 0.4) is 0 Å². The van der Waals surface area contributed by atoms with E-state index in [1.165, 1.54) is 0 Å². The van der Waals surface area contributed by atoms with Gasteiger partial charge in [0.25, 0.3) is 11.5 Å². The van der Waals surface area contributed by atoms with E-state index in [9.17, 15) is 14.7 Å². The van der Waals surface area contributed by atoms with E-state index in [4.69, 9.17) is 0 Å². The number of H-pyrrole nitrogens is 1. The number of aliphatic hydroxyl groups excluding tert-OH is 1. The average Bonchev–Trinajstić information content (AvgIpc) is 2.89. The van der Waals surface area contributed by atoms with Crippen molar-refractivity contribution in [1.82, 2.24) is 15.5 Å². The molecular formula is C15H23N3O3. The lowest BCUT2D eigenvalue weighted by atomic mass is 10.0. The second-order valence-electron chi connectivity index (χ2n) is 5.53. The molecule has 1 amide bonds. The number of carbonyl (C=O) groups is 1. The Morgan fingerprint density at radius 2 is 2.14 bits per heavy atom. The molecule has 1 aromatic heterocycles. The van der Waals surface area contributed by atoms with E-state index in [1.807, 2.05) is 13.8 Å². The third kappa shape index (κ3) is 3.32. The fourth-order valence-corrected chi connectivity index (χ4v) is 3.00. The monoisotopic (exact) mass is 293 g/mol. The molecule has 6 heteroatoms. The van der Waals surface area contributed by atoms with Crippen LogP contribution in [0.15, 0.2) is 4.79 Å². The second-order valence-corrected chi connectivity index (χ2v) is 5.53. The SMILES string of the molecule is CCc1n[nH]c(=O)c(C(=O)NCC2CCCC2O)c1CC. The van der Waals surface area contributed by atoms with E-state index in [2.05, 4.69) is 15.5 Å². The highest BCUT2D eigenvalue weighted by molar-refractivity contribution is 5.95. The summed E-state index contributed by atoms with van der Waals surface area (Å²) in [5.41, 5.74) is 1.18. The number of nitrogens with one attached hydrogen (secondary N) is 2. The van der Waals surface area contributed by atoms with Crippen LogP contribution in [0.25, 0.3) is 0 Å². The third-order valence-corrected chi connectivity index (χ3v) is 4.23. The minimum atomic E-state index is -0.450. The van der Waals surface area contributed by atoms with Gasteiger partial charge in [-0.15, -0.1) is 0 Å². The molecule has 1 heterocycles. The van der Waals surface area contributed by atoms with Crippen molar-refractivity contribution in [3.05, 3.63) is 27.2 Å². The number of hydrogen-bond donors (Lipinski definition) is 3. The molecule has 3 N–H and O–H groups in total. The van der Waals surface area contributed by atoms with Crippen LogP contribution >= 0.6 is 0 Å². The second kappa shape index (κ2) is 6.85. The van der Waals surface area contributed by atoms with Crippen LogP contribution < -0.4 is 10.9 Å². The highest BCUT2D eigenvalue weighted by Gasteiger charge is 2.26. The molecule has 2 atom stereocenters. The van der Waals surface area contributed by atoms with Crippen LogP contribution in [0.2, 0.25) is 0 Å². The molecule has 2 unspecified atom stereocenters. The fraction of sp³-hybridized carbons (Fsp3) is 0.667. The maximum Gasteiger partial charge on any atom is 0.277 e. The number of carbonyl (C=O) groups excluding carboxylic acids is 1. The highest BCUT2D eigenvalue weighted by atomic mass is 16.3. The van der Waals surface area contributed by atoms with E-state index < -0.39 is 5.56 Å². The number of rotatable bonds is 5. The van der Waals surface area contributed by atoms with Crippen LogP contribution in [0.1, 0.15) is 54.7 Å². The zero-order valence-electron chi connectivity index (χ0n) is 12.6. The molecule has 1 aliphatic rings. The van der Waals surface area contributed by atoms with Crippen LogP contribution in [-0.4, -0.2) is 33.9 Å². The lowest BCUT2D eigenvalue weighted by Crippen LogP contribution is -2.37. The first-order valence-corrected chi connectivity index (χ1v) is 7.65. The van der Waals surface area contributed by atoms with Gasteiger partial charge in [-0.05, 0) is 31.2 Å². The zero-order chi connectivity index (χ0) is 15.4. The van der Waals surface area contributed by atoms with Crippen LogP contribution in [-0.2, 0) is 12.8 Å². The molecule has 116 valence electrons. The van der Waals surface area contributed by atoms with Crippen molar-refractivity contribution < 1.29 is 9.90 Å². The summed E-state index contributed by atoms with van der Waals surface area (Å²) in [7, 11) is 0. The lowest BCUT2D eigenvalue weighted by Gasteiger charge is -2.16. The molecule has 1 saturated carbocycles. The van der Waals surface area contributed by atoms with Crippen molar-refractivity contribution in [3.63, 3.8) is 0 Å². The summed E-state index contributed by atoms with van der Waals surface area (Å²) in [6, 6.07) is 0. The standard InChI is InChI=1S/C15H23N3O3/c1-3-10-11(4-2)17-18-15(21)13(10)14(20)16-8-9-6-5-7-12(9)19/h9,12,19H,3-8H2,1-2H3,(H,16,20)(H,18,21). The number of aliphatic hydroxyl groups is 1. The van der Waals surface area contributed by atoms with Crippen LogP contribution in [0, 0.1) is 5.92 Å². The van der Waals surface area contributed by atoms with Gasteiger partial charge in [0.05, 0.1) is 11.8 Å². The van der Waals surface area contributed by atoms with Gasteiger partial charge < -0.3 is 10.4 Å². The first-order chi connectivity index (χ1) is 10.1. The quantitative estimate of drug-likeness (QED) is 0.748. The van der Waals surface area contributed by atoms with Gasteiger partial charge in [-0.3, -0.25) is 9.59 Å². The van der Waals surface area contributed by atoms with E-state index in [0.29, 0.717) is 24.9 Å². The molecule has 0 bridgehead atoms. The van der Waals surface area contributed by atoms with Crippen molar-refractivity contribution in [1.29, 1.82) is 0 Å². The third-order valence-electron chi connectivity index (χ3n) is 4.23. The van der Waals surface area contributed by atoms with E-state index in [0.717, 1.165) is 25.0 Å². The topological polar surface area (TPSA) is 95.1 Å². The number of aryl methyl sites for hydroxylation is 1. The molecule has 0 saturated heterocycles. The van der Waals surface area contributed by atoms with Crippen LogP contribution in [0.5, 0.6) is 0 Å². The Kier molecular flexibility index (Phi) is 5.12. The maximum absolute atomic E-state index is 12.3. The Morgan fingerprint density at radius 1 is 1.38 bits per heavy atom. The van der Waals surface area contributed by atoms with E-state index in [1.54, 1.807) is 0 Å². The molecule has 1 aliphatic carbocycles. The van der Waals surface area contributed by atoms with Crippen LogP contribution in [0.4, 0.5) is 0 Å². The molecule has 2 rings (SSSR count). The molecular weight excluding hydrogens is 270 g/mol. The van der Waals surface area contributed by atoms with Crippen molar-refractivity contribution in [3.8, 4) is 0 Å².